The molecule has 0 atom stereocenters. The van der Waals surface area contributed by atoms with Crippen molar-refractivity contribution in [2.45, 2.75) is 59.1 Å². The van der Waals surface area contributed by atoms with E-state index >= 15 is 0 Å². The number of nitrogens with zero attached hydrogens (tertiary/aromatic N) is 3. The first-order valence-corrected chi connectivity index (χ1v) is 10.6. The summed E-state index contributed by atoms with van der Waals surface area (Å²) in [6.07, 6.45) is 4.79. The number of carbonyl (C=O) groups excluding carboxylic acids is 1. The Balaban J connectivity index is 0.00000450. The van der Waals surface area contributed by atoms with Crippen LogP contribution in [0.5, 0.6) is 0 Å². The highest BCUT2D eigenvalue weighted by Gasteiger charge is 2.15. The number of aliphatic imine (C=N–C) groups is 1. The molecule has 0 bridgehead atoms. The van der Waals surface area contributed by atoms with E-state index in [4.69, 9.17) is 4.74 Å². The lowest BCUT2D eigenvalue weighted by molar-refractivity contribution is 0.0527. The summed E-state index contributed by atoms with van der Waals surface area (Å²) < 4.78 is 5.22. The highest BCUT2D eigenvalue weighted by molar-refractivity contribution is 14.0. The van der Waals surface area contributed by atoms with E-state index in [0.717, 1.165) is 43.4 Å². The van der Waals surface area contributed by atoms with E-state index in [1.807, 2.05) is 33.9 Å². The summed E-state index contributed by atoms with van der Waals surface area (Å²) in [5.74, 6) is 1.81. The van der Waals surface area contributed by atoms with Crippen molar-refractivity contribution in [3.05, 3.63) is 23.9 Å². The van der Waals surface area contributed by atoms with Gasteiger partial charge in [0.25, 0.3) is 0 Å². The molecule has 1 saturated heterocycles. The molecule has 0 aromatic carbocycles. The largest absolute Gasteiger partial charge is 0.444 e. The minimum atomic E-state index is -0.477. The Labute approximate surface area is 197 Å². The maximum Gasteiger partial charge on any atom is 0.407 e. The van der Waals surface area contributed by atoms with Crippen LogP contribution in [0.25, 0.3) is 0 Å². The van der Waals surface area contributed by atoms with Gasteiger partial charge in [-0.25, -0.2) is 14.8 Å². The predicted molar refractivity (Wildman–Crippen MR) is 133 cm³/mol. The van der Waals surface area contributed by atoms with Crippen LogP contribution in [0.15, 0.2) is 23.3 Å². The van der Waals surface area contributed by atoms with Crippen molar-refractivity contribution in [2.24, 2.45) is 4.99 Å². The van der Waals surface area contributed by atoms with Crippen molar-refractivity contribution < 1.29 is 9.53 Å². The van der Waals surface area contributed by atoms with Gasteiger partial charge in [0.15, 0.2) is 5.96 Å². The molecule has 1 aromatic heterocycles. The minimum absolute atomic E-state index is 0. The van der Waals surface area contributed by atoms with Gasteiger partial charge in [0.1, 0.15) is 11.4 Å². The normalized spacial score (nSPS) is 14.1. The number of rotatable bonds is 8. The first-order chi connectivity index (χ1) is 13.9. The Morgan fingerprint density at radius 2 is 1.87 bits per heavy atom. The standard InChI is InChI=1S/C21H36N6O2.HI/c1-5-22-19(23-11-8-12-24-20(28)29-21(2,3)4)26-16-17-9-10-18(25-15-17)27-13-6-7-14-27;/h9-10,15H,5-8,11-14,16H2,1-4H3,(H,24,28)(H2,22,23,26);1H. The number of amides is 1. The van der Waals surface area contributed by atoms with Crippen LogP contribution < -0.4 is 20.9 Å². The van der Waals surface area contributed by atoms with Crippen LogP contribution in [0, 0.1) is 0 Å². The fourth-order valence-corrected chi connectivity index (χ4v) is 2.96. The number of hydrogen-bond acceptors (Lipinski definition) is 5. The van der Waals surface area contributed by atoms with Crippen molar-refractivity contribution in [1.29, 1.82) is 0 Å². The molecule has 1 aliphatic heterocycles. The van der Waals surface area contributed by atoms with E-state index in [1.54, 1.807) is 0 Å². The second-order valence-electron chi connectivity index (χ2n) is 8.12. The molecule has 2 heterocycles. The van der Waals surface area contributed by atoms with Crippen LogP contribution in [0.3, 0.4) is 0 Å². The number of pyridine rings is 1. The maximum absolute atomic E-state index is 11.6. The molecule has 3 N–H and O–H groups in total. The molecule has 0 saturated carbocycles. The quantitative estimate of drug-likeness (QED) is 0.206. The first-order valence-electron chi connectivity index (χ1n) is 10.6. The molecule has 170 valence electrons. The van der Waals surface area contributed by atoms with Crippen LogP contribution in [0.2, 0.25) is 0 Å². The smallest absolute Gasteiger partial charge is 0.407 e. The van der Waals surface area contributed by atoms with Crippen LogP contribution >= 0.6 is 24.0 Å². The zero-order chi connectivity index (χ0) is 21.1. The zero-order valence-corrected chi connectivity index (χ0v) is 21.0. The van der Waals surface area contributed by atoms with E-state index in [1.165, 1.54) is 12.8 Å². The Bertz CT molecular complexity index is 654. The summed E-state index contributed by atoms with van der Waals surface area (Å²) in [5.41, 5.74) is 0.603. The lowest BCUT2D eigenvalue weighted by atomic mass is 10.2. The predicted octanol–water partition coefficient (Wildman–Crippen LogP) is 3.27. The van der Waals surface area contributed by atoms with Gasteiger partial charge in [-0.1, -0.05) is 6.07 Å². The van der Waals surface area contributed by atoms with E-state index in [-0.39, 0.29) is 30.1 Å². The van der Waals surface area contributed by atoms with Crippen molar-refractivity contribution in [3.63, 3.8) is 0 Å². The minimum Gasteiger partial charge on any atom is -0.444 e. The van der Waals surface area contributed by atoms with Crippen molar-refractivity contribution in [2.75, 3.05) is 37.6 Å². The average Bonchev–Trinajstić information content (AvgIpc) is 3.19. The summed E-state index contributed by atoms with van der Waals surface area (Å²) in [6.45, 7) is 12.4. The van der Waals surface area contributed by atoms with E-state index in [9.17, 15) is 4.79 Å². The molecule has 1 amide bonds. The van der Waals surface area contributed by atoms with Crippen molar-refractivity contribution in [1.82, 2.24) is 20.9 Å². The van der Waals surface area contributed by atoms with Crippen LogP contribution in [-0.4, -0.2) is 55.4 Å². The van der Waals surface area contributed by atoms with Crippen molar-refractivity contribution in [3.8, 4) is 0 Å². The summed E-state index contributed by atoms with van der Waals surface area (Å²) in [7, 11) is 0. The molecule has 2 rings (SSSR count). The van der Waals surface area contributed by atoms with Gasteiger partial charge in [-0.05, 0) is 58.6 Å². The monoisotopic (exact) mass is 532 g/mol. The Morgan fingerprint density at radius 3 is 2.47 bits per heavy atom. The van der Waals surface area contributed by atoms with Crippen LogP contribution in [0.4, 0.5) is 10.6 Å². The second kappa shape index (κ2) is 13.5. The number of nitrogens with one attached hydrogen (secondary N) is 3. The van der Waals surface area contributed by atoms with E-state index < -0.39 is 5.60 Å². The maximum atomic E-state index is 11.6. The molecule has 1 aliphatic rings. The lowest BCUT2D eigenvalue weighted by Gasteiger charge is -2.19. The van der Waals surface area contributed by atoms with Crippen molar-refractivity contribution >= 4 is 41.8 Å². The average molecular weight is 532 g/mol. The Morgan fingerprint density at radius 1 is 1.17 bits per heavy atom. The Hall–Kier alpha value is -1.78. The number of hydrogen-bond donors (Lipinski definition) is 3. The summed E-state index contributed by atoms with van der Waals surface area (Å²) >= 11 is 0. The van der Waals surface area contributed by atoms with Crippen LogP contribution in [0.1, 0.15) is 52.5 Å². The zero-order valence-electron chi connectivity index (χ0n) is 18.7. The molecule has 0 unspecified atom stereocenters. The fourth-order valence-electron chi connectivity index (χ4n) is 2.96. The number of ether oxygens (including phenoxy) is 1. The van der Waals surface area contributed by atoms with Crippen LogP contribution in [-0.2, 0) is 11.3 Å². The molecular formula is C21H37IN6O2. The number of alkyl carbamates (subject to hydrolysis) is 1. The van der Waals surface area contributed by atoms with Gasteiger partial charge < -0.3 is 25.6 Å². The van der Waals surface area contributed by atoms with Gasteiger partial charge in [-0.3, -0.25) is 0 Å². The number of carbonyl (C=O) groups is 1. The number of anilines is 1. The molecule has 1 fully saturated rings. The third kappa shape index (κ3) is 10.3. The Kier molecular flexibility index (Phi) is 11.8. The highest BCUT2D eigenvalue weighted by atomic mass is 127. The summed E-state index contributed by atoms with van der Waals surface area (Å²) in [6, 6.07) is 4.18. The second-order valence-corrected chi connectivity index (χ2v) is 8.12. The van der Waals surface area contributed by atoms with Gasteiger partial charge in [0.05, 0.1) is 6.54 Å². The molecule has 1 aromatic rings. The lowest BCUT2D eigenvalue weighted by Crippen LogP contribution is -2.39. The summed E-state index contributed by atoms with van der Waals surface area (Å²) in [4.78, 5) is 23.1. The third-order valence-electron chi connectivity index (χ3n) is 4.32. The van der Waals surface area contributed by atoms with Gasteiger partial charge in [0, 0.05) is 38.9 Å². The van der Waals surface area contributed by atoms with Gasteiger partial charge >= 0.3 is 6.09 Å². The van der Waals surface area contributed by atoms with E-state index in [2.05, 4.69) is 43.0 Å². The topological polar surface area (TPSA) is 90.9 Å². The number of guanidine groups is 1. The number of aromatic nitrogens is 1. The molecule has 0 aliphatic carbocycles. The molecule has 8 nitrogen and oxygen atoms in total. The van der Waals surface area contributed by atoms with Gasteiger partial charge in [-0.2, -0.15) is 0 Å². The highest BCUT2D eigenvalue weighted by Crippen LogP contribution is 2.17. The molecular weight excluding hydrogens is 495 g/mol. The molecule has 0 spiro atoms. The summed E-state index contributed by atoms with van der Waals surface area (Å²) in [5, 5.41) is 9.28. The number of halogens is 1. The van der Waals surface area contributed by atoms with Gasteiger partial charge in [-0.15, -0.1) is 24.0 Å². The fraction of sp³-hybridized carbons (Fsp3) is 0.667. The van der Waals surface area contributed by atoms with Gasteiger partial charge in [0.2, 0.25) is 0 Å². The molecule has 9 heteroatoms. The molecule has 30 heavy (non-hydrogen) atoms. The third-order valence-corrected chi connectivity index (χ3v) is 4.32. The SMILES string of the molecule is CCNC(=NCc1ccc(N2CCCC2)nc1)NCCCNC(=O)OC(C)(C)C.I. The van der Waals surface area contributed by atoms with E-state index in [0.29, 0.717) is 19.6 Å². The first kappa shape index (κ1) is 26.3. The molecule has 0 radical (unpaired) electrons.